The molecule has 136 valence electrons. The Bertz CT molecular complexity index is 621. The lowest BCUT2D eigenvalue weighted by Gasteiger charge is -2.05. The standard InChI is InChI=1S/C8H6O7S.C6H16N2/c9-7(10)4-2-1-3-5(8(11)12)6(4)16(13,14)15;7-5-3-1-2-4-6-8/h1-3H,(H,9,10)(H,11,12)(H,13,14,15);1-8H2. The monoisotopic (exact) mass is 362 g/mol. The molecule has 0 bridgehead atoms. The second kappa shape index (κ2) is 10.7. The fraction of sp³-hybridized carbons (Fsp3) is 0.429. The molecule has 9 nitrogen and oxygen atoms in total. The van der Waals surface area contributed by atoms with Gasteiger partial charge in [0.05, 0.1) is 11.1 Å². The Morgan fingerprint density at radius 2 is 1.25 bits per heavy atom. The smallest absolute Gasteiger partial charge is 0.337 e. The normalized spacial score (nSPS) is 10.6. The van der Waals surface area contributed by atoms with Crippen molar-refractivity contribution in [3.05, 3.63) is 29.3 Å². The highest BCUT2D eigenvalue weighted by Gasteiger charge is 2.26. The fourth-order valence-electron chi connectivity index (χ4n) is 1.79. The van der Waals surface area contributed by atoms with E-state index in [0.717, 1.165) is 44.1 Å². The SMILES string of the molecule is NCCCCCCN.O=C(O)c1cccc(C(=O)O)c1S(=O)(=O)O. The molecule has 0 aliphatic carbocycles. The minimum absolute atomic E-state index is 0.789. The van der Waals surface area contributed by atoms with Crippen molar-refractivity contribution in [2.75, 3.05) is 13.1 Å². The number of unbranched alkanes of at least 4 members (excludes halogenated alkanes) is 3. The number of carbonyl (C=O) groups is 2. The van der Waals surface area contributed by atoms with Crippen LogP contribution in [0.15, 0.2) is 23.1 Å². The third-order valence-corrected chi connectivity index (χ3v) is 3.85. The molecule has 7 N–H and O–H groups in total. The van der Waals surface area contributed by atoms with Crippen molar-refractivity contribution in [1.82, 2.24) is 0 Å². The Morgan fingerprint density at radius 1 is 0.875 bits per heavy atom. The third-order valence-electron chi connectivity index (χ3n) is 2.89. The van der Waals surface area contributed by atoms with Gasteiger partial charge in [0.25, 0.3) is 10.1 Å². The van der Waals surface area contributed by atoms with E-state index in [-0.39, 0.29) is 0 Å². The molecule has 10 heteroatoms. The maximum atomic E-state index is 10.9. The molecule has 0 fully saturated rings. The Labute approximate surface area is 140 Å². The summed E-state index contributed by atoms with van der Waals surface area (Å²) >= 11 is 0. The molecule has 0 aliphatic rings. The summed E-state index contributed by atoms with van der Waals surface area (Å²) in [4.78, 5) is 20.2. The number of rotatable bonds is 8. The minimum atomic E-state index is -4.92. The first-order valence-electron chi connectivity index (χ1n) is 7.14. The molecule has 0 atom stereocenters. The molecule has 0 unspecified atom stereocenters. The topological polar surface area (TPSA) is 181 Å². The van der Waals surface area contributed by atoms with E-state index in [4.69, 9.17) is 26.2 Å². The maximum Gasteiger partial charge on any atom is 0.337 e. The fourth-order valence-corrected chi connectivity index (χ4v) is 2.66. The number of nitrogens with two attached hydrogens (primary N) is 2. The van der Waals surface area contributed by atoms with Crippen molar-refractivity contribution in [3.8, 4) is 0 Å². The van der Waals surface area contributed by atoms with Crippen LogP contribution in [-0.2, 0) is 10.1 Å². The molecule has 0 radical (unpaired) electrons. The van der Waals surface area contributed by atoms with Crippen LogP contribution < -0.4 is 11.5 Å². The summed E-state index contributed by atoms with van der Waals surface area (Å²) in [5.41, 5.74) is 8.98. The summed E-state index contributed by atoms with van der Waals surface area (Å²) in [6.07, 6.45) is 4.79. The van der Waals surface area contributed by atoms with E-state index in [1.807, 2.05) is 0 Å². The van der Waals surface area contributed by atoms with Crippen LogP contribution in [0.3, 0.4) is 0 Å². The van der Waals surface area contributed by atoms with E-state index in [2.05, 4.69) is 0 Å². The van der Waals surface area contributed by atoms with Crippen LogP contribution in [0.2, 0.25) is 0 Å². The first-order chi connectivity index (χ1) is 11.2. The van der Waals surface area contributed by atoms with Gasteiger partial charge in [-0.3, -0.25) is 4.55 Å². The number of aromatic carboxylic acids is 2. The Hall–Kier alpha value is -2.01. The molecule has 0 amide bonds. The maximum absolute atomic E-state index is 10.9. The highest BCUT2D eigenvalue weighted by atomic mass is 32.2. The van der Waals surface area contributed by atoms with Gasteiger partial charge in [0, 0.05) is 0 Å². The van der Waals surface area contributed by atoms with Gasteiger partial charge in [-0.1, -0.05) is 18.9 Å². The summed E-state index contributed by atoms with van der Waals surface area (Å²) in [6, 6.07) is 2.84. The molecule has 0 aliphatic heterocycles. The van der Waals surface area contributed by atoms with Crippen LogP contribution in [0, 0.1) is 0 Å². The lowest BCUT2D eigenvalue weighted by molar-refractivity contribution is 0.0688. The van der Waals surface area contributed by atoms with Gasteiger partial charge in [-0.05, 0) is 38.1 Å². The second-order valence-corrected chi connectivity index (χ2v) is 6.12. The highest BCUT2D eigenvalue weighted by Crippen LogP contribution is 2.20. The Morgan fingerprint density at radius 3 is 1.50 bits per heavy atom. The molecule has 24 heavy (non-hydrogen) atoms. The van der Waals surface area contributed by atoms with E-state index in [9.17, 15) is 18.0 Å². The van der Waals surface area contributed by atoms with E-state index < -0.39 is 38.1 Å². The predicted octanol–water partition coefficient (Wildman–Crippen LogP) is 0.794. The largest absolute Gasteiger partial charge is 0.478 e. The zero-order valence-electron chi connectivity index (χ0n) is 13.0. The molecule has 0 saturated heterocycles. The van der Waals surface area contributed by atoms with Gasteiger partial charge >= 0.3 is 11.9 Å². The second-order valence-electron chi connectivity index (χ2n) is 4.76. The van der Waals surface area contributed by atoms with Crippen molar-refractivity contribution in [1.29, 1.82) is 0 Å². The Kier molecular flexibility index (Phi) is 9.81. The number of hydrogen-bond donors (Lipinski definition) is 5. The van der Waals surface area contributed by atoms with Crippen molar-refractivity contribution in [2.24, 2.45) is 11.5 Å². The first kappa shape index (κ1) is 22.0. The predicted molar refractivity (Wildman–Crippen MR) is 86.8 cm³/mol. The number of carboxylic acids is 2. The molecule has 0 saturated carbocycles. The van der Waals surface area contributed by atoms with Crippen LogP contribution in [0.5, 0.6) is 0 Å². The zero-order chi connectivity index (χ0) is 18.8. The minimum Gasteiger partial charge on any atom is -0.478 e. The van der Waals surface area contributed by atoms with E-state index >= 15 is 0 Å². The highest BCUT2D eigenvalue weighted by molar-refractivity contribution is 7.86. The average molecular weight is 362 g/mol. The summed E-state index contributed by atoms with van der Waals surface area (Å²) in [6.45, 7) is 1.65. The van der Waals surface area contributed by atoms with Crippen molar-refractivity contribution in [2.45, 2.75) is 30.6 Å². The molecule has 1 rings (SSSR count). The van der Waals surface area contributed by atoms with Crippen LogP contribution in [0.4, 0.5) is 0 Å². The van der Waals surface area contributed by atoms with E-state index in [1.54, 1.807) is 0 Å². The third kappa shape index (κ3) is 7.51. The summed E-state index contributed by atoms with van der Waals surface area (Å²) in [5.74, 6) is -3.29. The molecule has 0 heterocycles. The molecular weight excluding hydrogens is 340 g/mol. The van der Waals surface area contributed by atoms with Crippen molar-refractivity contribution >= 4 is 22.1 Å². The number of carboxylic acid groups (broad SMARTS) is 2. The van der Waals surface area contributed by atoms with Gasteiger partial charge < -0.3 is 21.7 Å². The van der Waals surface area contributed by atoms with Crippen molar-refractivity contribution in [3.63, 3.8) is 0 Å². The van der Waals surface area contributed by atoms with E-state index in [0.29, 0.717) is 0 Å². The number of hydrogen-bond acceptors (Lipinski definition) is 6. The van der Waals surface area contributed by atoms with E-state index in [1.165, 1.54) is 12.8 Å². The van der Waals surface area contributed by atoms with Gasteiger partial charge in [-0.2, -0.15) is 8.42 Å². The molecule has 0 spiro atoms. The van der Waals surface area contributed by atoms with Gasteiger partial charge in [0.15, 0.2) is 0 Å². The van der Waals surface area contributed by atoms with Gasteiger partial charge in [-0.15, -0.1) is 0 Å². The molecule has 0 aromatic heterocycles. The Balaban J connectivity index is 0.000000561. The molecular formula is C14H22N2O7S. The summed E-state index contributed by atoms with van der Waals surface area (Å²) < 4.78 is 30.6. The van der Waals surface area contributed by atoms with Gasteiger partial charge in [0.2, 0.25) is 0 Å². The molecule has 1 aromatic rings. The van der Waals surface area contributed by atoms with Crippen LogP contribution >= 0.6 is 0 Å². The average Bonchev–Trinajstić information content (AvgIpc) is 2.50. The summed E-state index contributed by atoms with van der Waals surface area (Å²) in [5, 5.41) is 17.3. The number of benzene rings is 1. The lowest BCUT2D eigenvalue weighted by Crippen LogP contribution is -2.14. The summed E-state index contributed by atoms with van der Waals surface area (Å²) in [7, 11) is -4.92. The van der Waals surface area contributed by atoms with Gasteiger partial charge in [-0.25, -0.2) is 9.59 Å². The zero-order valence-corrected chi connectivity index (χ0v) is 13.8. The van der Waals surface area contributed by atoms with Crippen LogP contribution in [-0.4, -0.2) is 48.2 Å². The molecule has 1 aromatic carbocycles. The first-order valence-corrected chi connectivity index (χ1v) is 8.58. The van der Waals surface area contributed by atoms with Crippen LogP contribution in [0.1, 0.15) is 46.4 Å². The van der Waals surface area contributed by atoms with Gasteiger partial charge in [0.1, 0.15) is 4.90 Å². The van der Waals surface area contributed by atoms with Crippen LogP contribution in [0.25, 0.3) is 0 Å². The quantitative estimate of drug-likeness (QED) is 0.330. The van der Waals surface area contributed by atoms with Crippen molar-refractivity contribution < 1.29 is 32.8 Å². The lowest BCUT2D eigenvalue weighted by atomic mass is 10.1.